The van der Waals surface area contributed by atoms with E-state index < -0.39 is 33.8 Å². The monoisotopic (exact) mass is 533 g/mol. The predicted octanol–water partition coefficient (Wildman–Crippen LogP) is 3.61. The molecule has 162 valence electrons. The molecule has 3 aromatic rings. The normalized spacial score (nSPS) is 22.0. The number of hydrogen-bond donors (Lipinski definition) is 2. The van der Waals surface area contributed by atoms with Crippen molar-refractivity contribution in [2.75, 3.05) is 4.90 Å². The number of aromatic nitrogens is 1. The number of nitrogens with one attached hydrogen (secondary N) is 1. The van der Waals surface area contributed by atoms with Crippen molar-refractivity contribution in [3.05, 3.63) is 77.2 Å². The van der Waals surface area contributed by atoms with Gasteiger partial charge in [-0.1, -0.05) is 39.0 Å². The number of rotatable bonds is 3. The number of nitrogens with zero attached hydrogens (tertiary/aromatic N) is 2. The minimum atomic E-state index is -0.942. The number of aromatic hydroxyl groups is 1. The lowest BCUT2D eigenvalue weighted by molar-refractivity contribution is -0.385. The number of carbonyl (C=O) groups excluding carboxylic acids is 2. The zero-order chi connectivity index (χ0) is 22.7. The molecule has 3 atom stereocenters. The first kappa shape index (κ1) is 20.9. The minimum absolute atomic E-state index is 0.129. The standard InChI is InChI=1S/C20H12BrN3O6S2/c21-8-1-3-9(4-2-8)23-18(26)14-13(11-7-10(24(29)30)5-6-12(11)25)15-17(22-20(28)32-15)31-16(14)19(23)27/h1-7,13-14,16,25H,(H,22,28)/t13-,14+,16-/m1/s1. The van der Waals surface area contributed by atoms with Crippen LogP contribution in [-0.2, 0) is 9.59 Å². The van der Waals surface area contributed by atoms with Crippen LogP contribution in [0.3, 0.4) is 0 Å². The van der Waals surface area contributed by atoms with Crippen molar-refractivity contribution >= 4 is 62.2 Å². The van der Waals surface area contributed by atoms with E-state index in [-0.39, 0.29) is 21.9 Å². The topological polar surface area (TPSA) is 134 Å². The van der Waals surface area contributed by atoms with E-state index in [1.54, 1.807) is 24.3 Å². The first-order valence-electron chi connectivity index (χ1n) is 9.26. The molecule has 0 aliphatic carbocycles. The van der Waals surface area contributed by atoms with Gasteiger partial charge < -0.3 is 10.1 Å². The fraction of sp³-hybridized carbons (Fsp3) is 0.150. The summed E-state index contributed by atoms with van der Waals surface area (Å²) in [5, 5.41) is 21.5. The number of H-pyrrole nitrogens is 1. The molecule has 0 unspecified atom stereocenters. The van der Waals surface area contributed by atoms with Crippen LogP contribution in [0.2, 0.25) is 0 Å². The Morgan fingerprint density at radius 2 is 1.81 bits per heavy atom. The van der Waals surface area contributed by atoms with Gasteiger partial charge in [0.25, 0.3) is 5.69 Å². The Morgan fingerprint density at radius 3 is 2.50 bits per heavy atom. The highest BCUT2D eigenvalue weighted by molar-refractivity contribution is 9.10. The van der Waals surface area contributed by atoms with Crippen molar-refractivity contribution in [2.45, 2.75) is 16.2 Å². The molecule has 0 spiro atoms. The summed E-state index contributed by atoms with van der Waals surface area (Å²) in [4.78, 5) is 53.6. The maximum absolute atomic E-state index is 13.5. The number of fused-ring (bicyclic) bond motifs is 2. The molecule has 32 heavy (non-hydrogen) atoms. The number of imide groups is 1. The van der Waals surface area contributed by atoms with Crippen molar-refractivity contribution in [3.8, 4) is 5.75 Å². The lowest BCUT2D eigenvalue weighted by Crippen LogP contribution is -2.32. The number of phenolic OH excluding ortho intramolecular Hbond substituents is 1. The summed E-state index contributed by atoms with van der Waals surface area (Å²) in [5.74, 6) is -3.02. The van der Waals surface area contributed by atoms with Crippen molar-refractivity contribution in [1.29, 1.82) is 0 Å². The van der Waals surface area contributed by atoms with E-state index in [2.05, 4.69) is 20.9 Å². The lowest BCUT2D eigenvalue weighted by Gasteiger charge is -2.30. The van der Waals surface area contributed by atoms with Crippen LogP contribution in [0.25, 0.3) is 0 Å². The molecule has 3 heterocycles. The van der Waals surface area contributed by atoms with E-state index >= 15 is 0 Å². The molecule has 0 radical (unpaired) electrons. The summed E-state index contributed by atoms with van der Waals surface area (Å²) in [6.45, 7) is 0. The number of amides is 2. The number of thioether (sulfide) groups is 1. The summed E-state index contributed by atoms with van der Waals surface area (Å²) in [7, 11) is 0. The van der Waals surface area contributed by atoms with Crippen molar-refractivity contribution in [1.82, 2.24) is 4.98 Å². The molecule has 2 aliphatic heterocycles. The number of carbonyl (C=O) groups is 2. The molecule has 2 aromatic carbocycles. The number of phenols is 1. The second-order valence-electron chi connectivity index (χ2n) is 7.24. The van der Waals surface area contributed by atoms with Crippen LogP contribution in [0.5, 0.6) is 5.75 Å². The number of halogens is 1. The van der Waals surface area contributed by atoms with E-state index in [1.165, 1.54) is 12.1 Å². The second kappa shape index (κ2) is 7.57. The lowest BCUT2D eigenvalue weighted by atomic mass is 9.82. The molecule has 2 aliphatic rings. The Bertz CT molecular complexity index is 1350. The van der Waals surface area contributed by atoms with Gasteiger partial charge in [0.1, 0.15) is 11.0 Å². The molecule has 1 fully saturated rings. The second-order valence-corrected chi connectivity index (χ2v) is 10.3. The number of nitro groups is 1. The number of hydrogen-bond acceptors (Lipinski definition) is 8. The third kappa shape index (κ3) is 3.17. The Morgan fingerprint density at radius 1 is 1.09 bits per heavy atom. The molecule has 5 rings (SSSR count). The Balaban J connectivity index is 1.69. The fourth-order valence-corrected chi connectivity index (χ4v) is 6.87. The summed E-state index contributed by atoms with van der Waals surface area (Å²) in [6.07, 6.45) is 0. The highest BCUT2D eigenvalue weighted by atomic mass is 79.9. The molecule has 9 nitrogen and oxygen atoms in total. The first-order valence-corrected chi connectivity index (χ1v) is 11.8. The highest BCUT2D eigenvalue weighted by Gasteiger charge is 2.56. The minimum Gasteiger partial charge on any atom is -0.508 e. The molecule has 2 N–H and O–H groups in total. The van der Waals surface area contributed by atoms with Crippen molar-refractivity contribution in [2.24, 2.45) is 5.92 Å². The molecule has 12 heteroatoms. The van der Waals surface area contributed by atoms with Gasteiger partial charge in [-0.2, -0.15) is 0 Å². The maximum Gasteiger partial charge on any atom is 0.305 e. The van der Waals surface area contributed by atoms with Gasteiger partial charge in [0, 0.05) is 33.0 Å². The molecular weight excluding hydrogens is 522 g/mol. The number of thiazole rings is 1. The summed E-state index contributed by atoms with van der Waals surface area (Å²) < 4.78 is 0.784. The number of anilines is 1. The van der Waals surface area contributed by atoms with E-state index in [9.17, 15) is 29.6 Å². The maximum atomic E-state index is 13.5. The van der Waals surface area contributed by atoms with Gasteiger partial charge >= 0.3 is 4.87 Å². The summed E-state index contributed by atoms with van der Waals surface area (Å²) in [6, 6.07) is 10.2. The van der Waals surface area contributed by atoms with Crippen LogP contribution in [0.4, 0.5) is 11.4 Å². The van der Waals surface area contributed by atoms with Crippen molar-refractivity contribution < 1.29 is 19.6 Å². The summed E-state index contributed by atoms with van der Waals surface area (Å²) >= 11 is 5.29. The number of nitro benzene ring substituents is 1. The van der Waals surface area contributed by atoms with Gasteiger partial charge in [0.2, 0.25) is 11.8 Å². The Labute approximate surface area is 196 Å². The van der Waals surface area contributed by atoms with Crippen molar-refractivity contribution in [3.63, 3.8) is 0 Å². The SMILES string of the molecule is O=C1[C@H]2[C@@H](c3cc([N+](=O)[O-])ccc3O)c3sc(=O)[nH]c3S[C@H]2C(=O)N1c1ccc(Br)cc1. The first-order chi connectivity index (χ1) is 15.3. The average Bonchev–Trinajstić information content (AvgIpc) is 3.24. The van der Waals surface area contributed by atoms with Gasteiger partial charge in [-0.3, -0.25) is 24.5 Å². The zero-order valence-corrected chi connectivity index (χ0v) is 19.1. The van der Waals surface area contributed by atoms with Gasteiger partial charge in [0.05, 0.1) is 21.6 Å². The van der Waals surface area contributed by atoms with Crippen LogP contribution in [0.15, 0.2) is 56.8 Å². The molecule has 1 aromatic heterocycles. The third-order valence-corrected chi connectivity index (χ3v) is 8.40. The third-order valence-electron chi connectivity index (χ3n) is 5.47. The van der Waals surface area contributed by atoms with Gasteiger partial charge in [0.15, 0.2) is 0 Å². The summed E-state index contributed by atoms with van der Waals surface area (Å²) in [5.41, 5.74) is 0.264. The molecular formula is C20H12BrN3O6S2. The highest BCUT2D eigenvalue weighted by Crippen LogP contribution is 2.54. The smallest absolute Gasteiger partial charge is 0.305 e. The van der Waals surface area contributed by atoms with E-state index in [1.807, 2.05) is 0 Å². The average molecular weight is 534 g/mol. The quantitative estimate of drug-likeness (QED) is 0.298. The van der Waals surface area contributed by atoms with E-state index in [4.69, 9.17) is 0 Å². The predicted molar refractivity (Wildman–Crippen MR) is 121 cm³/mol. The van der Waals surface area contributed by atoms with Crippen LogP contribution in [0.1, 0.15) is 16.4 Å². The number of benzene rings is 2. The fourth-order valence-electron chi connectivity index (χ4n) is 4.10. The Kier molecular flexibility index (Phi) is 4.95. The van der Waals surface area contributed by atoms with Crippen LogP contribution in [0, 0.1) is 16.0 Å². The van der Waals surface area contributed by atoms with Crippen LogP contribution < -0.4 is 9.77 Å². The molecule has 1 saturated heterocycles. The van der Waals surface area contributed by atoms with Crippen LogP contribution >= 0.6 is 39.0 Å². The van der Waals surface area contributed by atoms with Gasteiger partial charge in [-0.05, 0) is 30.3 Å². The van der Waals surface area contributed by atoms with E-state index in [0.717, 1.165) is 38.5 Å². The van der Waals surface area contributed by atoms with E-state index in [0.29, 0.717) is 15.6 Å². The van der Waals surface area contributed by atoms with Gasteiger partial charge in [-0.15, -0.1) is 0 Å². The molecule has 2 amide bonds. The van der Waals surface area contributed by atoms with Gasteiger partial charge in [-0.25, -0.2) is 4.90 Å². The number of aromatic amines is 1. The molecule has 0 bridgehead atoms. The largest absolute Gasteiger partial charge is 0.508 e. The van der Waals surface area contributed by atoms with Crippen LogP contribution in [-0.4, -0.2) is 32.1 Å². The molecule has 0 saturated carbocycles. The Hall–Kier alpha value is -2.96. The zero-order valence-electron chi connectivity index (χ0n) is 15.9. The number of non-ortho nitro benzene ring substituents is 1.